The molecule has 1 aliphatic rings. The first-order chi connectivity index (χ1) is 13.9. The van der Waals surface area contributed by atoms with Gasteiger partial charge in [0.25, 0.3) is 0 Å². The van der Waals surface area contributed by atoms with E-state index < -0.39 is 8.01 Å². The van der Waals surface area contributed by atoms with E-state index in [4.69, 9.17) is 8.39 Å². The van der Waals surface area contributed by atoms with Gasteiger partial charge in [0.2, 0.25) is 8.01 Å². The van der Waals surface area contributed by atoms with Crippen LogP contribution in [-0.2, 0) is 0 Å². The van der Waals surface area contributed by atoms with Gasteiger partial charge in [-0.15, -0.1) is 0 Å². The first-order valence-corrected chi connectivity index (χ1v) is 11.3. The lowest BCUT2D eigenvalue weighted by Gasteiger charge is -2.05. The van der Waals surface area contributed by atoms with Crippen molar-refractivity contribution in [2.45, 2.75) is 31.3 Å². The summed E-state index contributed by atoms with van der Waals surface area (Å²) in [6.07, 6.45) is 4.98. The van der Waals surface area contributed by atoms with Crippen molar-refractivity contribution in [3.05, 3.63) is 72.8 Å². The highest BCUT2D eigenvalue weighted by molar-refractivity contribution is 7.37. The van der Waals surface area contributed by atoms with Gasteiger partial charge < -0.3 is 8.39 Å². The molecule has 0 radical (unpaired) electrons. The van der Waals surface area contributed by atoms with E-state index in [0.29, 0.717) is 5.66 Å². The molecule has 2 nitrogen and oxygen atoms in total. The molecule has 0 saturated heterocycles. The lowest BCUT2D eigenvalue weighted by Crippen LogP contribution is -1.79. The molecule has 0 amide bonds. The van der Waals surface area contributed by atoms with Gasteiger partial charge in [-0.1, -0.05) is 73.5 Å². The van der Waals surface area contributed by atoms with Crippen LogP contribution in [0.2, 0.25) is 0 Å². The third kappa shape index (κ3) is 2.48. The summed E-state index contributed by atoms with van der Waals surface area (Å²) < 4.78 is 13.2. The molecule has 4 aromatic carbocycles. The lowest BCUT2D eigenvalue weighted by molar-refractivity contribution is 0.606. The molecular formula is C25H21O2P. The van der Waals surface area contributed by atoms with Gasteiger partial charge in [0.05, 0.1) is 5.66 Å². The van der Waals surface area contributed by atoms with E-state index in [1.54, 1.807) is 0 Å². The summed E-state index contributed by atoms with van der Waals surface area (Å²) in [6.45, 7) is 0. The van der Waals surface area contributed by atoms with Crippen LogP contribution in [0.3, 0.4) is 0 Å². The Hall–Kier alpha value is -2.70. The van der Waals surface area contributed by atoms with Crippen LogP contribution in [0.15, 0.2) is 81.2 Å². The van der Waals surface area contributed by atoms with E-state index in [-0.39, 0.29) is 0 Å². The minimum absolute atomic E-state index is 0.520. The highest BCUT2D eigenvalue weighted by atomic mass is 31.1. The molecule has 1 heterocycles. The average Bonchev–Trinajstić information content (AvgIpc) is 3.22. The van der Waals surface area contributed by atoms with Crippen LogP contribution in [-0.4, -0.2) is 0 Å². The Morgan fingerprint density at radius 1 is 0.607 bits per heavy atom. The van der Waals surface area contributed by atoms with Crippen molar-refractivity contribution >= 4 is 51.5 Å². The van der Waals surface area contributed by atoms with Crippen LogP contribution in [0.5, 0.6) is 0 Å². The second-order valence-electron chi connectivity index (χ2n) is 7.73. The molecule has 6 rings (SSSR count). The van der Waals surface area contributed by atoms with Gasteiger partial charge >= 0.3 is 0 Å². The summed E-state index contributed by atoms with van der Waals surface area (Å²) in [4.78, 5) is 0. The predicted octanol–water partition coefficient (Wildman–Crippen LogP) is 8.71. The van der Waals surface area contributed by atoms with Crippen LogP contribution in [0.25, 0.3) is 43.5 Å². The van der Waals surface area contributed by atoms with Gasteiger partial charge in [-0.05, 0) is 46.5 Å². The molecule has 0 N–H and O–H groups in total. The van der Waals surface area contributed by atoms with E-state index in [1.807, 2.05) is 0 Å². The van der Waals surface area contributed by atoms with E-state index in [1.165, 1.54) is 58.0 Å². The SMILES string of the molecule is c1ccc2c(c1)ccc1op(C3CCCC3)oc3ccc4ccccc4c3c12. The van der Waals surface area contributed by atoms with Crippen molar-refractivity contribution in [3.8, 4) is 0 Å². The zero-order chi connectivity index (χ0) is 18.5. The molecule has 0 spiro atoms. The quantitative estimate of drug-likeness (QED) is 0.289. The van der Waals surface area contributed by atoms with Gasteiger partial charge in [0.1, 0.15) is 11.2 Å². The zero-order valence-electron chi connectivity index (χ0n) is 15.6. The van der Waals surface area contributed by atoms with Crippen molar-refractivity contribution < 1.29 is 8.39 Å². The summed E-state index contributed by atoms with van der Waals surface area (Å²) in [7, 11) is -0.983. The van der Waals surface area contributed by atoms with Crippen LogP contribution in [0.1, 0.15) is 31.3 Å². The van der Waals surface area contributed by atoms with Gasteiger partial charge in [0.15, 0.2) is 0 Å². The van der Waals surface area contributed by atoms with Crippen molar-refractivity contribution in [2.75, 3.05) is 0 Å². The fourth-order valence-electron chi connectivity index (χ4n) is 4.65. The Bertz CT molecular complexity index is 1280. The maximum absolute atomic E-state index is 6.62. The monoisotopic (exact) mass is 384 g/mol. The third-order valence-corrected chi connectivity index (χ3v) is 7.90. The number of hydrogen-bond donors (Lipinski definition) is 0. The molecule has 3 heteroatoms. The minimum atomic E-state index is -0.983. The molecule has 28 heavy (non-hydrogen) atoms. The Kier molecular flexibility index (Phi) is 3.74. The minimum Gasteiger partial charge on any atom is -0.419 e. The van der Waals surface area contributed by atoms with Crippen molar-refractivity contribution in [1.82, 2.24) is 0 Å². The summed E-state index contributed by atoms with van der Waals surface area (Å²) >= 11 is 0. The van der Waals surface area contributed by atoms with Crippen molar-refractivity contribution in [3.63, 3.8) is 0 Å². The van der Waals surface area contributed by atoms with Crippen LogP contribution in [0.4, 0.5) is 0 Å². The fourth-order valence-corrected chi connectivity index (χ4v) is 6.46. The molecule has 0 bridgehead atoms. The van der Waals surface area contributed by atoms with Gasteiger partial charge in [-0.2, -0.15) is 0 Å². The molecular weight excluding hydrogens is 363 g/mol. The van der Waals surface area contributed by atoms with Gasteiger partial charge in [0, 0.05) is 10.8 Å². The van der Waals surface area contributed by atoms with Crippen LogP contribution < -0.4 is 0 Å². The standard InChI is InChI=1S/C25H21O2P/c1-5-11-20-17(7-1)13-15-22-24(20)25-21-12-6-2-8-18(21)14-16-23(25)27-28(26-22)19-9-3-4-10-19/h1-2,5-8,11-16,19H,3-4,9-10H2. The molecule has 0 unspecified atom stereocenters. The molecule has 0 atom stereocenters. The summed E-state index contributed by atoms with van der Waals surface area (Å²) in [5.41, 5.74) is 2.45. The highest BCUT2D eigenvalue weighted by Gasteiger charge is 2.22. The number of hydrogen-bond acceptors (Lipinski definition) is 2. The van der Waals surface area contributed by atoms with E-state index in [9.17, 15) is 0 Å². The maximum Gasteiger partial charge on any atom is 0.219 e. The van der Waals surface area contributed by atoms with Crippen LogP contribution in [0, 0.1) is 0 Å². The smallest absolute Gasteiger partial charge is 0.219 e. The largest absolute Gasteiger partial charge is 0.419 e. The number of benzene rings is 4. The Balaban J connectivity index is 1.89. The summed E-state index contributed by atoms with van der Waals surface area (Å²) in [5.74, 6) is 0. The first-order valence-electron chi connectivity index (χ1n) is 10.1. The number of fused-ring (bicyclic) bond motifs is 7. The molecule has 1 fully saturated rings. The second-order valence-corrected chi connectivity index (χ2v) is 9.39. The lowest BCUT2D eigenvalue weighted by atomic mass is 9.99. The Morgan fingerprint density at radius 2 is 1.11 bits per heavy atom. The highest BCUT2D eigenvalue weighted by Crippen LogP contribution is 2.51. The Morgan fingerprint density at radius 3 is 1.64 bits per heavy atom. The molecule has 138 valence electrons. The zero-order valence-corrected chi connectivity index (χ0v) is 16.5. The van der Waals surface area contributed by atoms with E-state index in [2.05, 4.69) is 72.8 Å². The maximum atomic E-state index is 6.62. The van der Waals surface area contributed by atoms with E-state index in [0.717, 1.165) is 11.2 Å². The van der Waals surface area contributed by atoms with E-state index >= 15 is 0 Å². The molecule has 0 aliphatic heterocycles. The molecule has 5 aromatic rings. The molecule has 1 aromatic heterocycles. The second kappa shape index (κ2) is 6.43. The fraction of sp³-hybridized carbons (Fsp3) is 0.200. The van der Waals surface area contributed by atoms with Crippen molar-refractivity contribution in [1.29, 1.82) is 0 Å². The first kappa shape index (κ1) is 16.3. The molecule has 1 saturated carbocycles. The number of rotatable bonds is 1. The van der Waals surface area contributed by atoms with Gasteiger partial charge in [-0.25, -0.2) is 0 Å². The van der Waals surface area contributed by atoms with Crippen molar-refractivity contribution in [2.24, 2.45) is 0 Å². The Labute approximate surface area is 164 Å². The topological polar surface area (TPSA) is 26.3 Å². The summed E-state index contributed by atoms with van der Waals surface area (Å²) in [6, 6.07) is 25.8. The average molecular weight is 384 g/mol. The third-order valence-electron chi connectivity index (χ3n) is 6.03. The van der Waals surface area contributed by atoms with Gasteiger partial charge in [-0.3, -0.25) is 0 Å². The van der Waals surface area contributed by atoms with Crippen LogP contribution >= 0.6 is 8.01 Å². The normalized spacial score (nSPS) is 15.1. The molecule has 1 aliphatic carbocycles. The summed E-state index contributed by atoms with van der Waals surface area (Å²) in [5, 5.41) is 7.27. The predicted molar refractivity (Wildman–Crippen MR) is 119 cm³/mol.